The number of para-hydroxylation sites is 1. The van der Waals surface area contributed by atoms with Gasteiger partial charge in [0.25, 0.3) is 0 Å². The largest absolute Gasteiger partial charge is 0.457 e. The van der Waals surface area contributed by atoms with Crippen LogP contribution in [0.4, 0.5) is 0 Å². The molecule has 2 aromatic heterocycles. The maximum Gasteiger partial charge on any atom is 0.331 e. The molecule has 1 aromatic carbocycles. The predicted octanol–water partition coefficient (Wildman–Crippen LogP) is 2.80. The molecule has 2 heterocycles. The van der Waals surface area contributed by atoms with Gasteiger partial charge in [-0.25, -0.2) is 9.78 Å². The van der Waals surface area contributed by atoms with Crippen molar-refractivity contribution >= 4 is 27.5 Å². The molecule has 0 saturated carbocycles. The summed E-state index contributed by atoms with van der Waals surface area (Å²) in [6, 6.07) is 9.21. The number of ether oxygens (including phenoxy) is 1. The molecule has 1 atom stereocenters. The fraction of sp³-hybridized carbons (Fsp3) is 0.214. The van der Waals surface area contributed by atoms with Gasteiger partial charge in [-0.15, -0.1) is 11.3 Å². The first-order chi connectivity index (χ1) is 9.74. The van der Waals surface area contributed by atoms with Crippen LogP contribution in [-0.4, -0.2) is 20.7 Å². The van der Waals surface area contributed by atoms with E-state index in [4.69, 9.17) is 4.74 Å². The molecule has 3 aromatic rings. The van der Waals surface area contributed by atoms with E-state index in [1.165, 1.54) is 11.3 Å². The Balaban J connectivity index is 1.65. The number of hydrogen-bond donors (Lipinski definition) is 0. The third-order valence-electron chi connectivity index (χ3n) is 2.94. The van der Waals surface area contributed by atoms with Crippen LogP contribution in [0, 0.1) is 0 Å². The molecule has 20 heavy (non-hydrogen) atoms. The number of fused-ring (bicyclic) bond motifs is 1. The Morgan fingerprint density at radius 1 is 1.40 bits per heavy atom. The Labute approximate surface area is 119 Å². The first-order valence-electron chi connectivity index (χ1n) is 6.24. The monoisotopic (exact) mass is 287 g/mol. The molecule has 5 nitrogen and oxygen atoms in total. The molecule has 0 amide bonds. The highest BCUT2D eigenvalue weighted by molar-refractivity contribution is 7.18. The number of thiazole rings is 1. The summed E-state index contributed by atoms with van der Waals surface area (Å²) in [5.74, 6) is -0.312. The summed E-state index contributed by atoms with van der Waals surface area (Å²) < 4.78 is 7.96. The summed E-state index contributed by atoms with van der Waals surface area (Å²) in [4.78, 5) is 16.3. The highest BCUT2D eigenvalue weighted by Gasteiger charge is 2.17. The van der Waals surface area contributed by atoms with Gasteiger partial charge in [-0.05, 0) is 25.1 Å². The SMILES string of the molecule is CC(C(=O)OCc1nc2ccccc2s1)n1cccn1. The molecule has 0 radical (unpaired) electrons. The van der Waals surface area contributed by atoms with Crippen molar-refractivity contribution in [1.82, 2.24) is 14.8 Å². The average molecular weight is 287 g/mol. The Hall–Kier alpha value is -2.21. The Morgan fingerprint density at radius 2 is 2.25 bits per heavy atom. The van der Waals surface area contributed by atoms with Crippen LogP contribution >= 0.6 is 11.3 Å². The Morgan fingerprint density at radius 3 is 3.00 bits per heavy atom. The summed E-state index contributed by atoms with van der Waals surface area (Å²) in [7, 11) is 0. The van der Waals surface area contributed by atoms with Gasteiger partial charge in [-0.3, -0.25) is 4.68 Å². The average Bonchev–Trinajstić information content (AvgIpc) is 3.12. The van der Waals surface area contributed by atoms with E-state index >= 15 is 0 Å². The Bertz CT molecular complexity index is 688. The van der Waals surface area contributed by atoms with Gasteiger partial charge in [0.1, 0.15) is 17.7 Å². The number of nitrogens with zero attached hydrogens (tertiary/aromatic N) is 3. The van der Waals surface area contributed by atoms with E-state index in [1.807, 2.05) is 24.3 Å². The number of carbonyl (C=O) groups is 1. The van der Waals surface area contributed by atoms with Gasteiger partial charge in [0.15, 0.2) is 0 Å². The number of esters is 1. The van der Waals surface area contributed by atoms with Crippen molar-refractivity contribution in [2.45, 2.75) is 19.6 Å². The van der Waals surface area contributed by atoms with E-state index in [-0.39, 0.29) is 12.6 Å². The molecule has 0 N–H and O–H groups in total. The van der Waals surface area contributed by atoms with Crippen LogP contribution in [0.3, 0.4) is 0 Å². The van der Waals surface area contributed by atoms with Crippen LogP contribution in [0.1, 0.15) is 18.0 Å². The lowest BCUT2D eigenvalue weighted by Gasteiger charge is -2.10. The van der Waals surface area contributed by atoms with Gasteiger partial charge < -0.3 is 4.74 Å². The molecule has 0 saturated heterocycles. The summed E-state index contributed by atoms with van der Waals surface area (Å²) in [6.45, 7) is 1.96. The number of benzene rings is 1. The van der Waals surface area contributed by atoms with E-state index in [0.717, 1.165) is 15.2 Å². The second-order valence-corrected chi connectivity index (χ2v) is 5.46. The minimum atomic E-state index is -0.431. The smallest absolute Gasteiger partial charge is 0.331 e. The molecule has 0 aliphatic rings. The quantitative estimate of drug-likeness (QED) is 0.692. The third kappa shape index (κ3) is 2.55. The van der Waals surface area contributed by atoms with Gasteiger partial charge >= 0.3 is 5.97 Å². The third-order valence-corrected chi connectivity index (χ3v) is 3.95. The Kier molecular flexibility index (Phi) is 3.47. The molecule has 0 bridgehead atoms. The summed E-state index contributed by atoms with van der Waals surface area (Å²) >= 11 is 1.54. The fourth-order valence-electron chi connectivity index (χ4n) is 1.85. The van der Waals surface area contributed by atoms with Crippen molar-refractivity contribution < 1.29 is 9.53 Å². The maximum atomic E-state index is 11.9. The number of aromatic nitrogens is 3. The van der Waals surface area contributed by atoms with E-state index < -0.39 is 6.04 Å². The van der Waals surface area contributed by atoms with Crippen molar-refractivity contribution in [1.29, 1.82) is 0 Å². The standard InChI is InChI=1S/C14H13N3O2S/c1-10(17-8-4-7-15-17)14(18)19-9-13-16-11-5-2-3-6-12(11)20-13/h2-8,10H,9H2,1H3. The lowest BCUT2D eigenvalue weighted by atomic mass is 10.3. The second-order valence-electron chi connectivity index (χ2n) is 4.35. The van der Waals surface area contributed by atoms with Crippen LogP contribution in [0.5, 0.6) is 0 Å². The number of hydrogen-bond acceptors (Lipinski definition) is 5. The zero-order valence-electron chi connectivity index (χ0n) is 10.9. The lowest BCUT2D eigenvalue weighted by molar-refractivity contribution is -0.148. The zero-order valence-corrected chi connectivity index (χ0v) is 11.7. The highest BCUT2D eigenvalue weighted by atomic mass is 32.1. The molecule has 1 unspecified atom stereocenters. The normalized spacial score (nSPS) is 12.4. The van der Waals surface area contributed by atoms with Gasteiger partial charge in [0, 0.05) is 12.4 Å². The number of rotatable bonds is 4. The van der Waals surface area contributed by atoms with E-state index in [0.29, 0.717) is 0 Å². The molecular weight excluding hydrogens is 274 g/mol. The summed E-state index contributed by atoms with van der Waals surface area (Å²) in [6.07, 6.45) is 3.38. The van der Waals surface area contributed by atoms with Crippen LogP contribution in [0.25, 0.3) is 10.2 Å². The van der Waals surface area contributed by atoms with E-state index in [1.54, 1.807) is 30.1 Å². The molecule has 0 spiro atoms. The molecule has 0 fully saturated rings. The van der Waals surface area contributed by atoms with Crippen LogP contribution in [0.2, 0.25) is 0 Å². The topological polar surface area (TPSA) is 57.0 Å². The van der Waals surface area contributed by atoms with E-state index in [9.17, 15) is 4.79 Å². The molecule has 6 heteroatoms. The first kappa shape index (κ1) is 12.8. The molecule has 102 valence electrons. The van der Waals surface area contributed by atoms with Crippen molar-refractivity contribution in [3.8, 4) is 0 Å². The van der Waals surface area contributed by atoms with Crippen LogP contribution < -0.4 is 0 Å². The minimum Gasteiger partial charge on any atom is -0.457 e. The second kappa shape index (κ2) is 5.42. The zero-order chi connectivity index (χ0) is 13.9. The lowest BCUT2D eigenvalue weighted by Crippen LogP contribution is -2.19. The maximum absolute atomic E-state index is 11.9. The molecule has 0 aliphatic carbocycles. The molecule has 0 aliphatic heterocycles. The van der Waals surface area contributed by atoms with Crippen molar-refractivity contribution in [2.75, 3.05) is 0 Å². The van der Waals surface area contributed by atoms with Crippen molar-refractivity contribution in [3.05, 3.63) is 47.7 Å². The highest BCUT2D eigenvalue weighted by Crippen LogP contribution is 2.22. The van der Waals surface area contributed by atoms with Gasteiger partial charge in [-0.1, -0.05) is 12.1 Å². The van der Waals surface area contributed by atoms with Crippen molar-refractivity contribution in [2.24, 2.45) is 0 Å². The van der Waals surface area contributed by atoms with Gasteiger partial charge in [-0.2, -0.15) is 5.10 Å². The van der Waals surface area contributed by atoms with Gasteiger partial charge in [0.05, 0.1) is 10.2 Å². The van der Waals surface area contributed by atoms with Gasteiger partial charge in [0.2, 0.25) is 0 Å². The summed E-state index contributed by atoms with van der Waals surface area (Å²) in [5.41, 5.74) is 0.934. The molecular formula is C14H13N3O2S. The number of carbonyl (C=O) groups excluding carboxylic acids is 1. The first-order valence-corrected chi connectivity index (χ1v) is 7.06. The van der Waals surface area contributed by atoms with Crippen LogP contribution in [0.15, 0.2) is 42.7 Å². The summed E-state index contributed by atoms with van der Waals surface area (Å²) in [5, 5.41) is 4.83. The molecule has 3 rings (SSSR count). The fourth-order valence-corrected chi connectivity index (χ4v) is 2.73. The van der Waals surface area contributed by atoms with Crippen molar-refractivity contribution in [3.63, 3.8) is 0 Å². The van der Waals surface area contributed by atoms with Crippen LogP contribution in [-0.2, 0) is 16.1 Å². The van der Waals surface area contributed by atoms with E-state index in [2.05, 4.69) is 10.1 Å². The minimum absolute atomic E-state index is 0.198. The predicted molar refractivity (Wildman–Crippen MR) is 76.4 cm³/mol.